The van der Waals surface area contributed by atoms with Crippen LogP contribution < -0.4 is 5.73 Å². The van der Waals surface area contributed by atoms with Crippen LogP contribution in [0.5, 0.6) is 0 Å². The molecule has 1 heteroatoms. The second-order valence-corrected chi connectivity index (χ2v) is 4.99. The lowest BCUT2D eigenvalue weighted by atomic mass is 9.73. The zero-order valence-electron chi connectivity index (χ0n) is 9.92. The van der Waals surface area contributed by atoms with Crippen LogP contribution in [0.4, 0.5) is 0 Å². The van der Waals surface area contributed by atoms with Gasteiger partial charge in [0.05, 0.1) is 0 Å². The molecule has 1 aliphatic carbocycles. The van der Waals surface area contributed by atoms with Crippen LogP contribution in [-0.4, -0.2) is 6.54 Å². The van der Waals surface area contributed by atoms with Gasteiger partial charge in [0.15, 0.2) is 0 Å². The third-order valence-electron chi connectivity index (χ3n) is 3.88. The molecule has 0 amide bonds. The topological polar surface area (TPSA) is 26.0 Å². The van der Waals surface area contributed by atoms with E-state index in [9.17, 15) is 0 Å². The van der Waals surface area contributed by atoms with E-state index in [0.717, 1.165) is 30.7 Å². The van der Waals surface area contributed by atoms with Gasteiger partial charge in [0.2, 0.25) is 0 Å². The van der Waals surface area contributed by atoms with Gasteiger partial charge >= 0.3 is 0 Å². The van der Waals surface area contributed by atoms with E-state index in [4.69, 9.17) is 5.73 Å². The van der Waals surface area contributed by atoms with Crippen LogP contribution in [0.2, 0.25) is 0 Å². The summed E-state index contributed by atoms with van der Waals surface area (Å²) in [4.78, 5) is 0. The van der Waals surface area contributed by atoms with Crippen molar-refractivity contribution in [2.24, 2.45) is 23.5 Å². The van der Waals surface area contributed by atoms with Crippen molar-refractivity contribution < 1.29 is 0 Å². The Balaban J connectivity index is 2.45. The fourth-order valence-corrected chi connectivity index (χ4v) is 2.44. The molecule has 3 atom stereocenters. The first-order valence-electron chi connectivity index (χ1n) is 6.01. The van der Waals surface area contributed by atoms with Crippen LogP contribution in [-0.2, 0) is 0 Å². The van der Waals surface area contributed by atoms with Crippen molar-refractivity contribution in [3.05, 3.63) is 11.6 Å². The Morgan fingerprint density at radius 2 is 2.00 bits per heavy atom. The van der Waals surface area contributed by atoms with E-state index in [1.807, 2.05) is 0 Å². The summed E-state index contributed by atoms with van der Waals surface area (Å²) in [7, 11) is 0. The molecule has 0 spiro atoms. The lowest BCUT2D eigenvalue weighted by Gasteiger charge is -2.32. The molecular formula is C13H25N. The predicted molar refractivity (Wildman–Crippen MR) is 63.1 cm³/mol. The third-order valence-corrected chi connectivity index (χ3v) is 3.88. The SMILES string of the molecule is CC(=CCCN)C1CCC(C)C(C)C1. The summed E-state index contributed by atoms with van der Waals surface area (Å²) < 4.78 is 0. The first kappa shape index (κ1) is 11.8. The van der Waals surface area contributed by atoms with E-state index in [1.165, 1.54) is 19.3 Å². The molecule has 1 rings (SSSR count). The van der Waals surface area contributed by atoms with Gasteiger partial charge in [0, 0.05) is 0 Å². The summed E-state index contributed by atoms with van der Waals surface area (Å²) in [6.45, 7) is 7.85. The van der Waals surface area contributed by atoms with Gasteiger partial charge < -0.3 is 5.73 Å². The average Bonchev–Trinajstić information content (AvgIpc) is 2.18. The zero-order chi connectivity index (χ0) is 10.6. The molecule has 0 heterocycles. The van der Waals surface area contributed by atoms with Crippen molar-refractivity contribution in [2.45, 2.75) is 46.5 Å². The molecule has 0 aromatic carbocycles. The molecule has 0 aromatic rings. The maximum absolute atomic E-state index is 5.51. The van der Waals surface area contributed by atoms with E-state index in [-0.39, 0.29) is 0 Å². The highest BCUT2D eigenvalue weighted by molar-refractivity contribution is 5.05. The molecule has 0 aromatic heterocycles. The average molecular weight is 195 g/mol. The molecule has 82 valence electrons. The molecule has 3 unspecified atom stereocenters. The first-order valence-corrected chi connectivity index (χ1v) is 6.01. The Hall–Kier alpha value is -0.300. The molecular weight excluding hydrogens is 170 g/mol. The van der Waals surface area contributed by atoms with Gasteiger partial charge in [-0.25, -0.2) is 0 Å². The van der Waals surface area contributed by atoms with Crippen molar-refractivity contribution in [1.82, 2.24) is 0 Å². The summed E-state index contributed by atoms with van der Waals surface area (Å²) in [5, 5.41) is 0. The number of nitrogens with two attached hydrogens (primary N) is 1. The minimum atomic E-state index is 0.788. The molecule has 1 fully saturated rings. The van der Waals surface area contributed by atoms with Crippen molar-refractivity contribution >= 4 is 0 Å². The fourth-order valence-electron chi connectivity index (χ4n) is 2.44. The molecule has 1 aliphatic rings. The van der Waals surface area contributed by atoms with Gasteiger partial charge in [-0.3, -0.25) is 0 Å². The van der Waals surface area contributed by atoms with Gasteiger partial charge in [0.25, 0.3) is 0 Å². The third kappa shape index (κ3) is 3.13. The molecule has 0 radical (unpaired) electrons. The minimum absolute atomic E-state index is 0.788. The second-order valence-electron chi connectivity index (χ2n) is 4.99. The van der Waals surface area contributed by atoms with E-state index >= 15 is 0 Å². The van der Waals surface area contributed by atoms with Crippen LogP contribution in [0.1, 0.15) is 46.5 Å². The van der Waals surface area contributed by atoms with Gasteiger partial charge in [-0.15, -0.1) is 0 Å². The number of allylic oxidation sites excluding steroid dienone is 1. The van der Waals surface area contributed by atoms with E-state index < -0.39 is 0 Å². The van der Waals surface area contributed by atoms with Gasteiger partial charge in [-0.1, -0.05) is 25.5 Å². The summed E-state index contributed by atoms with van der Waals surface area (Å²) in [5.41, 5.74) is 7.09. The van der Waals surface area contributed by atoms with Gasteiger partial charge in [-0.2, -0.15) is 0 Å². The van der Waals surface area contributed by atoms with Crippen LogP contribution in [0.15, 0.2) is 11.6 Å². The van der Waals surface area contributed by atoms with Crippen LogP contribution >= 0.6 is 0 Å². The van der Waals surface area contributed by atoms with Gasteiger partial charge in [0.1, 0.15) is 0 Å². The Morgan fingerprint density at radius 3 is 2.57 bits per heavy atom. The molecule has 2 N–H and O–H groups in total. The van der Waals surface area contributed by atoms with E-state index in [2.05, 4.69) is 26.8 Å². The van der Waals surface area contributed by atoms with Crippen molar-refractivity contribution in [3.8, 4) is 0 Å². The highest BCUT2D eigenvalue weighted by Crippen LogP contribution is 2.36. The molecule has 14 heavy (non-hydrogen) atoms. The highest BCUT2D eigenvalue weighted by atomic mass is 14.5. The first-order chi connectivity index (χ1) is 6.65. The smallest absolute Gasteiger partial charge is 0.00425 e. The summed E-state index contributed by atoms with van der Waals surface area (Å²) in [6.07, 6.45) is 7.56. The Kier molecular flexibility index (Phi) is 4.67. The Bertz CT molecular complexity index is 195. The van der Waals surface area contributed by atoms with E-state index in [1.54, 1.807) is 5.57 Å². The lowest BCUT2D eigenvalue weighted by Crippen LogP contribution is -2.21. The number of hydrogen-bond donors (Lipinski definition) is 1. The molecule has 0 saturated heterocycles. The van der Waals surface area contributed by atoms with Crippen molar-refractivity contribution in [2.75, 3.05) is 6.54 Å². The minimum Gasteiger partial charge on any atom is -0.330 e. The molecule has 1 nitrogen and oxygen atoms in total. The van der Waals surface area contributed by atoms with Crippen LogP contribution in [0, 0.1) is 17.8 Å². The van der Waals surface area contributed by atoms with Crippen LogP contribution in [0.3, 0.4) is 0 Å². The standard InChI is InChI=1S/C13H25N/c1-10-6-7-13(9-12(10)3)11(2)5-4-8-14/h5,10,12-13H,4,6-9,14H2,1-3H3. The Labute approximate surface area is 88.8 Å². The molecule has 0 bridgehead atoms. The maximum Gasteiger partial charge on any atom is -0.00425 e. The largest absolute Gasteiger partial charge is 0.330 e. The summed E-state index contributed by atoms with van der Waals surface area (Å²) in [6, 6.07) is 0. The number of rotatable bonds is 3. The molecule has 0 aliphatic heterocycles. The van der Waals surface area contributed by atoms with Crippen molar-refractivity contribution in [3.63, 3.8) is 0 Å². The zero-order valence-corrected chi connectivity index (χ0v) is 9.92. The maximum atomic E-state index is 5.51. The normalized spacial score (nSPS) is 34.6. The monoisotopic (exact) mass is 195 g/mol. The fraction of sp³-hybridized carbons (Fsp3) is 0.846. The quantitative estimate of drug-likeness (QED) is 0.687. The lowest BCUT2D eigenvalue weighted by molar-refractivity contribution is 0.229. The predicted octanol–water partition coefficient (Wildman–Crippen LogP) is 3.35. The Morgan fingerprint density at radius 1 is 1.29 bits per heavy atom. The highest BCUT2D eigenvalue weighted by Gasteiger charge is 2.24. The van der Waals surface area contributed by atoms with Gasteiger partial charge in [-0.05, 0) is 56.9 Å². The van der Waals surface area contributed by atoms with E-state index in [0.29, 0.717) is 0 Å². The number of hydrogen-bond acceptors (Lipinski definition) is 1. The molecule has 1 saturated carbocycles. The summed E-state index contributed by atoms with van der Waals surface area (Å²) in [5.74, 6) is 2.66. The van der Waals surface area contributed by atoms with Crippen molar-refractivity contribution in [1.29, 1.82) is 0 Å². The summed E-state index contributed by atoms with van der Waals surface area (Å²) >= 11 is 0. The second kappa shape index (κ2) is 5.55. The van der Waals surface area contributed by atoms with Crippen LogP contribution in [0.25, 0.3) is 0 Å².